The van der Waals surface area contributed by atoms with E-state index in [-0.39, 0.29) is 18.9 Å². The highest BCUT2D eigenvalue weighted by atomic mass is 16.5. The summed E-state index contributed by atoms with van der Waals surface area (Å²) in [5, 5.41) is 13.1. The normalized spacial score (nSPS) is 11.8. The Morgan fingerprint density at radius 1 is 1.05 bits per heavy atom. The smallest absolute Gasteiger partial charge is 0.313 e. The number of aromatic amines is 1. The van der Waals surface area contributed by atoms with Crippen LogP contribution in [0.4, 0.5) is 0 Å². The largest absolute Gasteiger partial charge is 0.497 e. The number of carbonyl (C=O) groups excluding carboxylic acids is 2. The standard InChI is InChI=1S/C30H30N6O4/c1-3-40-28(37)16-27-34-35-29(36(27)19-20-10-12-23(39-2)13-11-20)26(33-30(38)21-7-6-14-31-17-21)15-22-18-32-25-9-5-4-8-24(22)25/h4-14,17-18,26,32H,3,15-16,19H2,1-2H3,(H,33,38). The van der Waals surface area contributed by atoms with Crippen LogP contribution >= 0.6 is 0 Å². The first-order chi connectivity index (χ1) is 19.6. The molecule has 0 radical (unpaired) electrons. The minimum Gasteiger partial charge on any atom is -0.497 e. The minimum atomic E-state index is -0.561. The van der Waals surface area contributed by atoms with E-state index in [1.54, 1.807) is 32.4 Å². The van der Waals surface area contributed by atoms with Gasteiger partial charge in [0.15, 0.2) is 5.82 Å². The number of aromatic nitrogens is 5. The number of nitrogens with one attached hydrogen (secondary N) is 2. The second-order valence-electron chi connectivity index (χ2n) is 9.22. The van der Waals surface area contributed by atoms with Gasteiger partial charge in [-0.25, -0.2) is 0 Å². The molecule has 1 unspecified atom stereocenters. The van der Waals surface area contributed by atoms with Crippen molar-refractivity contribution in [1.29, 1.82) is 0 Å². The third-order valence-electron chi connectivity index (χ3n) is 6.60. The first kappa shape index (κ1) is 26.6. The maximum atomic E-state index is 13.3. The van der Waals surface area contributed by atoms with Crippen LogP contribution in [0.3, 0.4) is 0 Å². The Balaban J connectivity index is 1.55. The molecule has 0 spiro atoms. The van der Waals surface area contributed by atoms with Gasteiger partial charge in [0, 0.05) is 35.9 Å². The Labute approximate surface area is 231 Å². The second kappa shape index (κ2) is 12.2. The summed E-state index contributed by atoms with van der Waals surface area (Å²) in [4.78, 5) is 33.2. The predicted molar refractivity (Wildman–Crippen MR) is 149 cm³/mol. The molecule has 1 atom stereocenters. The van der Waals surface area contributed by atoms with Crippen LogP contribution in [0, 0.1) is 0 Å². The Hall–Kier alpha value is -4.99. The summed E-state index contributed by atoms with van der Waals surface area (Å²) in [6, 6.07) is 18.5. The van der Waals surface area contributed by atoms with Crippen LogP contribution in [0.15, 0.2) is 79.3 Å². The number of fused-ring (bicyclic) bond motifs is 1. The number of hydrogen-bond donors (Lipinski definition) is 2. The first-order valence-corrected chi connectivity index (χ1v) is 13.0. The number of ether oxygens (including phenoxy) is 2. The van der Waals surface area contributed by atoms with Crippen molar-refractivity contribution in [3.63, 3.8) is 0 Å². The van der Waals surface area contributed by atoms with Crippen LogP contribution in [-0.4, -0.2) is 50.3 Å². The number of pyridine rings is 1. The van der Waals surface area contributed by atoms with Gasteiger partial charge in [-0.15, -0.1) is 10.2 Å². The molecule has 10 heteroatoms. The van der Waals surface area contributed by atoms with E-state index in [4.69, 9.17) is 9.47 Å². The summed E-state index contributed by atoms with van der Waals surface area (Å²) in [6.07, 6.45) is 5.47. The number of methoxy groups -OCH3 is 1. The van der Waals surface area contributed by atoms with Gasteiger partial charge in [-0.1, -0.05) is 30.3 Å². The zero-order chi connectivity index (χ0) is 27.9. The van der Waals surface area contributed by atoms with Gasteiger partial charge in [-0.3, -0.25) is 14.6 Å². The number of rotatable bonds is 11. The maximum absolute atomic E-state index is 13.3. The number of hydrogen-bond acceptors (Lipinski definition) is 7. The summed E-state index contributed by atoms with van der Waals surface area (Å²) in [5.41, 5.74) is 3.39. The van der Waals surface area contributed by atoms with Crippen LogP contribution in [0.2, 0.25) is 0 Å². The summed E-state index contributed by atoms with van der Waals surface area (Å²) in [7, 11) is 1.62. The fourth-order valence-corrected chi connectivity index (χ4v) is 4.63. The number of amides is 1. The van der Waals surface area contributed by atoms with Gasteiger partial charge in [0.25, 0.3) is 5.91 Å². The highest BCUT2D eigenvalue weighted by Gasteiger charge is 2.26. The maximum Gasteiger partial charge on any atom is 0.313 e. The molecule has 0 aliphatic heterocycles. The van der Waals surface area contributed by atoms with Gasteiger partial charge in [-0.05, 0) is 48.4 Å². The fraction of sp³-hybridized carbons (Fsp3) is 0.233. The average Bonchev–Trinajstić information content (AvgIpc) is 3.57. The van der Waals surface area contributed by atoms with Crippen molar-refractivity contribution in [3.05, 3.63) is 108 Å². The second-order valence-corrected chi connectivity index (χ2v) is 9.22. The summed E-state index contributed by atoms with van der Waals surface area (Å²) >= 11 is 0. The molecule has 0 aliphatic rings. The zero-order valence-corrected chi connectivity index (χ0v) is 22.3. The number of nitrogens with zero attached hydrogens (tertiary/aromatic N) is 4. The van der Waals surface area contributed by atoms with Crippen molar-refractivity contribution in [2.75, 3.05) is 13.7 Å². The summed E-state index contributed by atoms with van der Waals surface area (Å²) in [6.45, 7) is 2.41. The van der Waals surface area contributed by atoms with Gasteiger partial charge < -0.3 is 24.3 Å². The number of carbonyl (C=O) groups is 2. The van der Waals surface area contributed by atoms with Crippen LogP contribution in [0.5, 0.6) is 5.75 Å². The van der Waals surface area contributed by atoms with Crippen molar-refractivity contribution < 1.29 is 19.1 Å². The molecule has 5 rings (SSSR count). The van der Waals surface area contributed by atoms with Crippen molar-refractivity contribution in [2.24, 2.45) is 0 Å². The SMILES string of the molecule is CCOC(=O)Cc1nnc(C(Cc2c[nH]c3ccccc23)NC(=O)c2cccnc2)n1Cc1ccc(OC)cc1. The van der Waals surface area contributed by atoms with Crippen LogP contribution < -0.4 is 10.1 Å². The minimum absolute atomic E-state index is 0.0483. The molecule has 2 N–H and O–H groups in total. The predicted octanol–water partition coefficient (Wildman–Crippen LogP) is 4.03. The van der Waals surface area contributed by atoms with Gasteiger partial charge in [0.05, 0.1) is 31.9 Å². The third-order valence-corrected chi connectivity index (χ3v) is 6.60. The molecular formula is C30H30N6O4. The molecule has 0 saturated carbocycles. The Bertz CT molecular complexity index is 1590. The van der Waals surface area contributed by atoms with Crippen LogP contribution in [0.25, 0.3) is 10.9 Å². The van der Waals surface area contributed by atoms with E-state index in [9.17, 15) is 9.59 Å². The lowest BCUT2D eigenvalue weighted by molar-refractivity contribution is -0.142. The Morgan fingerprint density at radius 3 is 2.62 bits per heavy atom. The van der Waals surface area contributed by atoms with E-state index < -0.39 is 12.0 Å². The van der Waals surface area contributed by atoms with Crippen molar-refractivity contribution in [1.82, 2.24) is 30.0 Å². The lowest BCUT2D eigenvalue weighted by Gasteiger charge is -2.20. The molecule has 0 aliphatic carbocycles. The van der Waals surface area contributed by atoms with Crippen molar-refractivity contribution >= 4 is 22.8 Å². The van der Waals surface area contributed by atoms with Gasteiger partial charge in [0.1, 0.15) is 18.0 Å². The number of para-hydroxylation sites is 1. The number of benzene rings is 2. The molecule has 204 valence electrons. The lowest BCUT2D eigenvalue weighted by atomic mass is 10.0. The lowest BCUT2D eigenvalue weighted by Crippen LogP contribution is -2.32. The average molecular weight is 539 g/mol. The molecule has 5 aromatic rings. The van der Waals surface area contributed by atoms with E-state index in [1.807, 2.05) is 59.3 Å². The van der Waals surface area contributed by atoms with Gasteiger partial charge >= 0.3 is 5.97 Å². The van der Waals surface area contributed by atoms with E-state index in [2.05, 4.69) is 25.5 Å². The summed E-state index contributed by atoms with van der Waals surface area (Å²) in [5.74, 6) is 1.02. The quantitative estimate of drug-likeness (QED) is 0.243. The molecule has 1 amide bonds. The topological polar surface area (TPSA) is 124 Å². The molecule has 0 fully saturated rings. The molecular weight excluding hydrogens is 508 g/mol. The van der Waals surface area contributed by atoms with E-state index in [1.165, 1.54) is 6.20 Å². The number of H-pyrrole nitrogens is 1. The molecule has 3 aromatic heterocycles. The monoisotopic (exact) mass is 538 g/mol. The Morgan fingerprint density at radius 2 is 1.88 bits per heavy atom. The van der Waals surface area contributed by atoms with Gasteiger partial charge in [0.2, 0.25) is 0 Å². The molecule has 0 saturated heterocycles. The molecule has 3 heterocycles. The van der Waals surface area contributed by atoms with Crippen LogP contribution in [-0.2, 0) is 28.9 Å². The molecule has 0 bridgehead atoms. The fourth-order valence-electron chi connectivity index (χ4n) is 4.63. The Kier molecular flexibility index (Phi) is 8.15. The van der Waals surface area contributed by atoms with E-state index >= 15 is 0 Å². The molecule has 2 aromatic carbocycles. The van der Waals surface area contributed by atoms with E-state index in [0.29, 0.717) is 30.2 Å². The van der Waals surface area contributed by atoms with E-state index in [0.717, 1.165) is 27.8 Å². The highest BCUT2D eigenvalue weighted by molar-refractivity contribution is 5.94. The van der Waals surface area contributed by atoms with Gasteiger partial charge in [-0.2, -0.15) is 0 Å². The third kappa shape index (κ3) is 6.01. The molecule has 10 nitrogen and oxygen atoms in total. The van der Waals surface area contributed by atoms with Crippen LogP contribution in [0.1, 0.15) is 46.1 Å². The summed E-state index contributed by atoms with van der Waals surface area (Å²) < 4.78 is 12.4. The first-order valence-electron chi connectivity index (χ1n) is 13.0. The number of esters is 1. The van der Waals surface area contributed by atoms with Crippen molar-refractivity contribution in [3.8, 4) is 5.75 Å². The highest BCUT2D eigenvalue weighted by Crippen LogP contribution is 2.26. The van der Waals surface area contributed by atoms with Crippen molar-refractivity contribution in [2.45, 2.75) is 32.4 Å². The zero-order valence-electron chi connectivity index (χ0n) is 22.3. The molecule has 40 heavy (non-hydrogen) atoms.